The predicted molar refractivity (Wildman–Crippen MR) is 78.6 cm³/mol. The van der Waals surface area contributed by atoms with Gasteiger partial charge in [-0.2, -0.15) is 26.3 Å². The minimum absolute atomic E-state index is 1.42. The van der Waals surface area contributed by atoms with Crippen molar-refractivity contribution in [3.63, 3.8) is 0 Å². The molecule has 0 rings (SSSR count). The molecule has 13 heteroatoms. The summed E-state index contributed by atoms with van der Waals surface area (Å²) in [5, 5.41) is 0. The molecule has 0 fully saturated rings. The van der Waals surface area contributed by atoms with Crippen LogP contribution in [0.15, 0.2) is 0 Å². The number of hydrogen-bond acceptors (Lipinski definition) is 4. The van der Waals surface area contributed by atoms with Gasteiger partial charge < -0.3 is 17.1 Å². The maximum absolute atomic E-state index is 12.2. The first-order valence-electron chi connectivity index (χ1n) is 6.64. The van der Waals surface area contributed by atoms with Crippen molar-refractivity contribution in [1.29, 1.82) is 0 Å². The average Bonchev–Trinajstić information content (AvgIpc) is 2.19. The molecule has 0 radical (unpaired) electrons. The molecule has 0 aromatic heterocycles. The van der Waals surface area contributed by atoms with E-state index in [0.717, 1.165) is 0 Å². The van der Waals surface area contributed by atoms with E-state index in [4.69, 9.17) is 17.1 Å². The topological polar surface area (TPSA) is 36.9 Å². The lowest BCUT2D eigenvalue weighted by Crippen LogP contribution is -2.55. The van der Waals surface area contributed by atoms with E-state index >= 15 is 0 Å². The molecule has 0 atom stereocenters. The molecule has 0 aliphatic heterocycles. The van der Waals surface area contributed by atoms with Crippen LogP contribution in [0.3, 0.4) is 0 Å². The first-order valence-corrected chi connectivity index (χ1v) is 15.1. The van der Waals surface area contributed by atoms with Crippen LogP contribution >= 0.6 is 0 Å². The van der Waals surface area contributed by atoms with E-state index < -0.39 is 51.2 Å². The lowest BCUT2D eigenvalue weighted by Gasteiger charge is -2.37. The molecule has 4 nitrogen and oxygen atoms in total. The monoisotopic (exact) mass is 404 g/mol. The molecule has 0 spiro atoms. The normalized spacial score (nSPS) is 15.1. The maximum atomic E-state index is 12.2. The van der Waals surface area contributed by atoms with Crippen LogP contribution < -0.4 is 0 Å². The first-order chi connectivity index (χ1) is 9.83. The number of rotatable bonds is 8. The van der Waals surface area contributed by atoms with Crippen molar-refractivity contribution in [3.05, 3.63) is 0 Å². The van der Waals surface area contributed by atoms with E-state index in [0.29, 0.717) is 0 Å². The quantitative estimate of drug-likeness (QED) is 0.447. The van der Waals surface area contributed by atoms with Crippen LogP contribution in [0.2, 0.25) is 39.3 Å². The van der Waals surface area contributed by atoms with E-state index in [1.807, 2.05) is 0 Å². The molecule has 0 bridgehead atoms. The van der Waals surface area contributed by atoms with Gasteiger partial charge in [0.15, 0.2) is 0 Å². The Balaban J connectivity index is 4.66. The van der Waals surface area contributed by atoms with E-state index in [-0.39, 0.29) is 0 Å². The molecule has 0 unspecified atom stereocenters. The van der Waals surface area contributed by atoms with Gasteiger partial charge in [-0.1, -0.05) is 0 Å². The van der Waals surface area contributed by atoms with Crippen LogP contribution in [0.4, 0.5) is 26.3 Å². The highest BCUT2D eigenvalue weighted by atomic mass is 28.5. The third-order valence-electron chi connectivity index (χ3n) is 2.15. The van der Waals surface area contributed by atoms with E-state index in [1.54, 1.807) is 0 Å². The van der Waals surface area contributed by atoms with Gasteiger partial charge in [0.25, 0.3) is 0 Å². The van der Waals surface area contributed by atoms with Crippen LogP contribution in [0.1, 0.15) is 0 Å². The van der Waals surface area contributed by atoms with Crippen molar-refractivity contribution in [2.24, 2.45) is 0 Å². The molecule has 0 heterocycles. The average molecular weight is 405 g/mol. The van der Waals surface area contributed by atoms with E-state index in [2.05, 4.69) is 0 Å². The van der Waals surface area contributed by atoms with Gasteiger partial charge in [-0.05, 0) is 39.3 Å². The minimum atomic E-state index is -4.48. The second-order valence-corrected chi connectivity index (χ2v) is 16.8. The molecule has 0 amide bonds. The Labute approximate surface area is 134 Å². The van der Waals surface area contributed by atoms with Crippen molar-refractivity contribution in [3.8, 4) is 0 Å². The summed E-state index contributed by atoms with van der Waals surface area (Å²) in [6.07, 6.45) is -8.96. The van der Waals surface area contributed by atoms with Gasteiger partial charge in [-0.25, -0.2) is 0 Å². The molecular weight excluding hydrogens is 382 g/mol. The van der Waals surface area contributed by atoms with Gasteiger partial charge in [-0.15, -0.1) is 0 Å². The molecule has 0 aromatic carbocycles. The molecule has 0 aromatic rings. The summed E-state index contributed by atoms with van der Waals surface area (Å²) in [5.74, 6) is 0. The third kappa shape index (κ3) is 13.1. The summed E-state index contributed by atoms with van der Waals surface area (Å²) in [5.41, 5.74) is 0. The lowest BCUT2D eigenvalue weighted by molar-refractivity contribution is -0.158. The van der Waals surface area contributed by atoms with Crippen molar-refractivity contribution >= 4 is 25.7 Å². The number of halogens is 6. The minimum Gasteiger partial charge on any atom is -0.415 e. The Morgan fingerprint density at radius 1 is 0.565 bits per heavy atom. The molecule has 0 saturated heterocycles. The fourth-order valence-electron chi connectivity index (χ4n) is 1.77. The standard InChI is InChI=1S/C10H22F6O4Si3/c1-21(2,17-7-9(11,12)13)19-23(5,6)20-22(3,4)18-8-10(14,15)16/h7-8H2,1-6H3. The molecular formula is C10H22F6O4Si3. The number of alkyl halides is 6. The van der Waals surface area contributed by atoms with Gasteiger partial charge in [0.2, 0.25) is 0 Å². The molecule has 0 aliphatic rings. The Kier molecular flexibility index (Phi) is 7.55. The van der Waals surface area contributed by atoms with Crippen LogP contribution in [0.5, 0.6) is 0 Å². The third-order valence-corrected chi connectivity index (χ3v) is 11.7. The Morgan fingerprint density at radius 3 is 1.04 bits per heavy atom. The summed E-state index contributed by atoms with van der Waals surface area (Å²) in [7, 11) is -9.32. The summed E-state index contributed by atoms with van der Waals surface area (Å²) < 4.78 is 94.0. The predicted octanol–water partition coefficient (Wildman–Crippen LogP) is 4.28. The molecule has 0 saturated carbocycles. The van der Waals surface area contributed by atoms with E-state index in [1.165, 1.54) is 39.3 Å². The first kappa shape index (κ1) is 23.1. The summed E-state index contributed by atoms with van der Waals surface area (Å²) >= 11 is 0. The zero-order chi connectivity index (χ0) is 18.7. The molecule has 140 valence electrons. The van der Waals surface area contributed by atoms with Crippen LogP contribution in [0.25, 0.3) is 0 Å². The fourth-order valence-corrected chi connectivity index (χ4v) is 13.3. The van der Waals surface area contributed by atoms with Gasteiger partial charge in [0.1, 0.15) is 13.2 Å². The van der Waals surface area contributed by atoms with Crippen molar-refractivity contribution in [2.75, 3.05) is 13.2 Å². The Hall–Kier alpha value is 0.0706. The number of hydrogen-bond donors (Lipinski definition) is 0. The smallest absolute Gasteiger partial charge is 0.410 e. The summed E-state index contributed by atoms with van der Waals surface area (Å²) in [6.45, 7) is 5.85. The lowest BCUT2D eigenvalue weighted by atomic mass is 10.7. The summed E-state index contributed by atoms with van der Waals surface area (Å²) in [4.78, 5) is 0. The zero-order valence-corrected chi connectivity index (χ0v) is 16.8. The highest BCUT2D eigenvalue weighted by Gasteiger charge is 2.44. The van der Waals surface area contributed by atoms with Crippen molar-refractivity contribution < 1.29 is 43.4 Å². The largest absolute Gasteiger partial charge is 0.415 e. The van der Waals surface area contributed by atoms with Gasteiger partial charge >= 0.3 is 38.0 Å². The van der Waals surface area contributed by atoms with Crippen LogP contribution in [-0.4, -0.2) is 51.2 Å². The second-order valence-electron chi connectivity index (χ2n) is 6.21. The van der Waals surface area contributed by atoms with Crippen molar-refractivity contribution in [2.45, 2.75) is 51.6 Å². The highest BCUT2D eigenvalue weighted by molar-refractivity contribution is 6.84. The van der Waals surface area contributed by atoms with Gasteiger partial charge in [0.05, 0.1) is 0 Å². The van der Waals surface area contributed by atoms with Gasteiger partial charge in [0, 0.05) is 0 Å². The second kappa shape index (κ2) is 7.53. The van der Waals surface area contributed by atoms with Crippen LogP contribution in [0, 0.1) is 0 Å². The molecule has 23 heavy (non-hydrogen) atoms. The maximum Gasteiger partial charge on any atom is 0.410 e. The molecule has 0 aliphatic carbocycles. The van der Waals surface area contributed by atoms with E-state index in [9.17, 15) is 26.3 Å². The van der Waals surface area contributed by atoms with Crippen LogP contribution in [-0.2, 0) is 17.1 Å². The Morgan fingerprint density at radius 2 is 0.826 bits per heavy atom. The Bertz CT molecular complexity index is 350. The van der Waals surface area contributed by atoms with Gasteiger partial charge in [-0.3, -0.25) is 0 Å². The zero-order valence-electron chi connectivity index (χ0n) is 13.8. The van der Waals surface area contributed by atoms with Crippen molar-refractivity contribution in [1.82, 2.24) is 0 Å². The summed E-state index contributed by atoms with van der Waals surface area (Å²) in [6, 6.07) is 0. The highest BCUT2D eigenvalue weighted by Crippen LogP contribution is 2.25. The molecule has 0 N–H and O–H groups in total. The fraction of sp³-hybridized carbons (Fsp3) is 1.00. The SMILES string of the molecule is C[Si](C)(OCC(F)(F)F)O[Si](C)(C)O[Si](C)(C)OCC(F)(F)F.